The SMILES string of the molecule is CC(C)CC(CNc1ccc([N+](=O)[O-])c(N)n1)C(=O)O. The molecule has 0 radical (unpaired) electrons. The van der Waals surface area contributed by atoms with Gasteiger partial charge in [0.2, 0.25) is 5.82 Å². The van der Waals surface area contributed by atoms with Gasteiger partial charge in [0, 0.05) is 12.6 Å². The lowest BCUT2D eigenvalue weighted by Gasteiger charge is -2.15. The summed E-state index contributed by atoms with van der Waals surface area (Å²) in [5.74, 6) is -1.05. The monoisotopic (exact) mass is 282 g/mol. The molecule has 1 rings (SSSR count). The van der Waals surface area contributed by atoms with Gasteiger partial charge < -0.3 is 16.2 Å². The number of nitro groups is 1. The van der Waals surface area contributed by atoms with Crippen LogP contribution in [0.5, 0.6) is 0 Å². The molecule has 0 spiro atoms. The van der Waals surface area contributed by atoms with Crippen molar-refractivity contribution in [3.05, 3.63) is 22.2 Å². The Hall–Kier alpha value is -2.38. The van der Waals surface area contributed by atoms with E-state index >= 15 is 0 Å². The highest BCUT2D eigenvalue weighted by Gasteiger charge is 2.19. The first-order valence-electron chi connectivity index (χ1n) is 6.18. The standard InChI is InChI=1S/C12H18N4O4/c1-7(2)5-8(12(17)18)6-14-10-4-3-9(16(19)20)11(13)15-10/h3-4,7-8H,5-6H2,1-2H3,(H,17,18)(H3,13,14,15). The second-order valence-corrected chi connectivity index (χ2v) is 4.90. The molecule has 0 fully saturated rings. The van der Waals surface area contributed by atoms with Crippen molar-refractivity contribution >= 4 is 23.3 Å². The van der Waals surface area contributed by atoms with Crippen LogP contribution in [0.1, 0.15) is 20.3 Å². The molecule has 0 aliphatic rings. The van der Waals surface area contributed by atoms with E-state index in [2.05, 4.69) is 10.3 Å². The third kappa shape index (κ3) is 4.38. The average Bonchev–Trinajstić information content (AvgIpc) is 2.33. The van der Waals surface area contributed by atoms with Gasteiger partial charge in [-0.2, -0.15) is 0 Å². The Labute approximate surface area is 116 Å². The molecule has 0 saturated carbocycles. The molecule has 0 aliphatic heterocycles. The Bertz CT molecular complexity index is 504. The minimum Gasteiger partial charge on any atom is -0.481 e. The lowest BCUT2D eigenvalue weighted by Crippen LogP contribution is -2.24. The zero-order chi connectivity index (χ0) is 15.3. The summed E-state index contributed by atoms with van der Waals surface area (Å²) in [7, 11) is 0. The van der Waals surface area contributed by atoms with Gasteiger partial charge in [0.05, 0.1) is 10.8 Å². The van der Waals surface area contributed by atoms with Crippen molar-refractivity contribution < 1.29 is 14.8 Å². The third-order valence-corrected chi connectivity index (χ3v) is 2.73. The van der Waals surface area contributed by atoms with Crippen LogP contribution in [0.2, 0.25) is 0 Å². The normalized spacial score (nSPS) is 12.2. The van der Waals surface area contributed by atoms with E-state index in [1.54, 1.807) is 0 Å². The summed E-state index contributed by atoms with van der Waals surface area (Å²) in [5.41, 5.74) is 5.19. The van der Waals surface area contributed by atoms with Gasteiger partial charge in [-0.25, -0.2) is 4.98 Å². The Balaban J connectivity index is 2.71. The highest BCUT2D eigenvalue weighted by Crippen LogP contribution is 2.21. The number of hydrogen-bond acceptors (Lipinski definition) is 6. The molecule has 20 heavy (non-hydrogen) atoms. The first-order chi connectivity index (χ1) is 9.31. The summed E-state index contributed by atoms with van der Waals surface area (Å²) in [6.07, 6.45) is 0.533. The van der Waals surface area contributed by atoms with Crippen molar-refractivity contribution in [1.82, 2.24) is 4.98 Å². The van der Waals surface area contributed by atoms with E-state index in [1.165, 1.54) is 12.1 Å². The second kappa shape index (κ2) is 6.69. The number of aromatic nitrogens is 1. The van der Waals surface area contributed by atoms with Crippen molar-refractivity contribution in [3.63, 3.8) is 0 Å². The molecule has 1 unspecified atom stereocenters. The summed E-state index contributed by atoms with van der Waals surface area (Å²) in [4.78, 5) is 24.9. The predicted molar refractivity (Wildman–Crippen MR) is 74.4 cm³/mol. The fraction of sp³-hybridized carbons (Fsp3) is 0.500. The van der Waals surface area contributed by atoms with Crippen LogP contribution >= 0.6 is 0 Å². The van der Waals surface area contributed by atoms with E-state index in [0.29, 0.717) is 12.2 Å². The molecular weight excluding hydrogens is 264 g/mol. The third-order valence-electron chi connectivity index (χ3n) is 2.73. The smallest absolute Gasteiger partial charge is 0.311 e. The Morgan fingerprint density at radius 2 is 2.20 bits per heavy atom. The summed E-state index contributed by atoms with van der Waals surface area (Å²) in [5, 5.41) is 22.5. The van der Waals surface area contributed by atoms with E-state index in [4.69, 9.17) is 10.8 Å². The minimum atomic E-state index is -0.888. The molecule has 4 N–H and O–H groups in total. The molecule has 1 heterocycles. The van der Waals surface area contributed by atoms with Gasteiger partial charge in [0.15, 0.2) is 0 Å². The van der Waals surface area contributed by atoms with Gasteiger partial charge in [-0.05, 0) is 18.4 Å². The van der Waals surface area contributed by atoms with Crippen molar-refractivity contribution in [2.24, 2.45) is 11.8 Å². The van der Waals surface area contributed by atoms with Crippen molar-refractivity contribution in [3.8, 4) is 0 Å². The fourth-order valence-electron chi connectivity index (χ4n) is 1.79. The Morgan fingerprint density at radius 3 is 2.65 bits per heavy atom. The number of nitrogens with zero attached hydrogens (tertiary/aromatic N) is 2. The number of carbonyl (C=O) groups is 1. The maximum atomic E-state index is 11.1. The number of pyridine rings is 1. The van der Waals surface area contributed by atoms with E-state index in [1.807, 2.05) is 13.8 Å². The first kappa shape index (κ1) is 15.7. The molecule has 8 nitrogen and oxygen atoms in total. The highest BCUT2D eigenvalue weighted by molar-refractivity contribution is 5.70. The summed E-state index contributed by atoms with van der Waals surface area (Å²) >= 11 is 0. The maximum Gasteiger partial charge on any atom is 0.311 e. The molecule has 1 aromatic rings. The van der Waals surface area contributed by atoms with E-state index in [-0.39, 0.29) is 24.0 Å². The second-order valence-electron chi connectivity index (χ2n) is 4.90. The molecule has 0 aromatic carbocycles. The molecule has 8 heteroatoms. The fourth-order valence-corrected chi connectivity index (χ4v) is 1.79. The number of hydrogen-bond donors (Lipinski definition) is 3. The predicted octanol–water partition coefficient (Wildman–Crippen LogP) is 1.73. The van der Waals surface area contributed by atoms with Crippen LogP contribution in [0, 0.1) is 22.0 Å². The number of carboxylic acids is 1. The van der Waals surface area contributed by atoms with E-state index < -0.39 is 16.8 Å². The van der Waals surface area contributed by atoms with Gasteiger partial charge in [0.25, 0.3) is 0 Å². The number of nitrogens with one attached hydrogen (secondary N) is 1. The van der Waals surface area contributed by atoms with Crippen molar-refractivity contribution in [2.45, 2.75) is 20.3 Å². The van der Waals surface area contributed by atoms with Gasteiger partial charge in [0.1, 0.15) is 5.82 Å². The van der Waals surface area contributed by atoms with Gasteiger partial charge in [-0.3, -0.25) is 14.9 Å². The topological polar surface area (TPSA) is 131 Å². The lowest BCUT2D eigenvalue weighted by molar-refractivity contribution is -0.384. The number of nitrogen functional groups attached to an aromatic ring is 1. The summed E-state index contributed by atoms with van der Waals surface area (Å²) in [6.45, 7) is 4.08. The van der Waals surface area contributed by atoms with Crippen LogP contribution in [0.4, 0.5) is 17.3 Å². The van der Waals surface area contributed by atoms with Crippen molar-refractivity contribution in [1.29, 1.82) is 0 Å². The minimum absolute atomic E-state index is 0.192. The molecule has 1 atom stereocenters. The molecule has 110 valence electrons. The molecular formula is C12H18N4O4. The highest BCUT2D eigenvalue weighted by atomic mass is 16.6. The van der Waals surface area contributed by atoms with Crippen LogP contribution < -0.4 is 11.1 Å². The zero-order valence-electron chi connectivity index (χ0n) is 11.4. The van der Waals surface area contributed by atoms with Crippen LogP contribution in [0.25, 0.3) is 0 Å². The number of nitrogens with two attached hydrogens (primary N) is 1. The van der Waals surface area contributed by atoms with Crippen LogP contribution in [0.15, 0.2) is 12.1 Å². The summed E-state index contributed by atoms with van der Waals surface area (Å²) in [6, 6.07) is 2.64. The molecule has 1 aromatic heterocycles. The largest absolute Gasteiger partial charge is 0.481 e. The Kier molecular flexibility index (Phi) is 5.24. The lowest BCUT2D eigenvalue weighted by atomic mass is 9.97. The van der Waals surface area contributed by atoms with Crippen LogP contribution in [-0.2, 0) is 4.79 Å². The van der Waals surface area contributed by atoms with Crippen LogP contribution in [0.3, 0.4) is 0 Å². The zero-order valence-corrected chi connectivity index (χ0v) is 11.4. The number of aliphatic carboxylic acids is 1. The van der Waals surface area contributed by atoms with Gasteiger partial charge >= 0.3 is 11.7 Å². The molecule has 0 bridgehead atoms. The average molecular weight is 282 g/mol. The Morgan fingerprint density at radius 1 is 1.55 bits per heavy atom. The number of rotatable bonds is 7. The van der Waals surface area contributed by atoms with Gasteiger partial charge in [-0.15, -0.1) is 0 Å². The molecule has 0 aliphatic carbocycles. The number of anilines is 2. The quantitative estimate of drug-likeness (QED) is 0.512. The van der Waals surface area contributed by atoms with Crippen molar-refractivity contribution in [2.75, 3.05) is 17.6 Å². The van der Waals surface area contributed by atoms with Gasteiger partial charge in [-0.1, -0.05) is 13.8 Å². The molecule has 0 saturated heterocycles. The maximum absolute atomic E-state index is 11.1. The summed E-state index contributed by atoms with van der Waals surface area (Å²) < 4.78 is 0. The van der Waals surface area contributed by atoms with Crippen LogP contribution in [-0.4, -0.2) is 27.5 Å². The van der Waals surface area contributed by atoms with E-state index in [9.17, 15) is 14.9 Å². The first-order valence-corrected chi connectivity index (χ1v) is 6.18. The van der Waals surface area contributed by atoms with E-state index in [0.717, 1.165) is 0 Å². The number of carboxylic acid groups (broad SMARTS) is 1. The molecule has 0 amide bonds.